The van der Waals surface area contributed by atoms with Crippen LogP contribution in [0.2, 0.25) is 0 Å². The number of amides is 2. The molecule has 2 aromatic carbocycles. The van der Waals surface area contributed by atoms with E-state index in [1.54, 1.807) is 24.3 Å². The Morgan fingerprint density at radius 2 is 1.88 bits per heavy atom. The van der Waals surface area contributed by atoms with Gasteiger partial charge in [0.15, 0.2) is 0 Å². The molecule has 1 atom stereocenters. The number of likely N-dealkylation sites (tertiary alicyclic amines) is 1. The standard InChI is InChI=1S/C19H20FN3O3/c1-23-9-3-6-17(23)19(26)22-13-5-2-4-12(10-13)21-18(25)15-11-14(24)7-8-16(15)20/h2,4-5,7-8,10-11,17,24H,3,6,9H2,1H3,(H,21,25)(H,22,26)/t17-/m0/s1. The van der Waals surface area contributed by atoms with E-state index in [2.05, 4.69) is 10.6 Å². The number of rotatable bonds is 4. The van der Waals surface area contributed by atoms with Crippen LogP contribution in [0, 0.1) is 5.82 Å². The smallest absolute Gasteiger partial charge is 0.258 e. The van der Waals surface area contributed by atoms with Crippen molar-refractivity contribution >= 4 is 23.2 Å². The van der Waals surface area contributed by atoms with Gasteiger partial charge in [-0.15, -0.1) is 0 Å². The maximum absolute atomic E-state index is 13.7. The van der Waals surface area contributed by atoms with Gasteiger partial charge in [-0.05, 0) is 62.8 Å². The number of phenolic OH excluding ortho intramolecular Hbond substituents is 1. The van der Waals surface area contributed by atoms with Crippen LogP contribution in [0.1, 0.15) is 23.2 Å². The molecule has 1 aliphatic rings. The molecule has 0 unspecified atom stereocenters. The molecule has 1 fully saturated rings. The molecule has 0 aromatic heterocycles. The molecule has 136 valence electrons. The monoisotopic (exact) mass is 357 g/mol. The highest BCUT2D eigenvalue weighted by atomic mass is 19.1. The number of carbonyl (C=O) groups is 2. The third kappa shape index (κ3) is 4.00. The molecule has 6 nitrogen and oxygen atoms in total. The highest BCUT2D eigenvalue weighted by Gasteiger charge is 2.27. The van der Waals surface area contributed by atoms with Gasteiger partial charge in [0.25, 0.3) is 5.91 Å². The predicted molar refractivity (Wildman–Crippen MR) is 96.7 cm³/mol. The van der Waals surface area contributed by atoms with Crippen molar-refractivity contribution in [2.45, 2.75) is 18.9 Å². The Balaban J connectivity index is 1.70. The van der Waals surface area contributed by atoms with Crippen LogP contribution in [0.4, 0.5) is 15.8 Å². The lowest BCUT2D eigenvalue weighted by Crippen LogP contribution is -2.37. The highest BCUT2D eigenvalue weighted by molar-refractivity contribution is 6.05. The van der Waals surface area contributed by atoms with Crippen LogP contribution >= 0.6 is 0 Å². The second kappa shape index (κ2) is 7.53. The lowest BCUT2D eigenvalue weighted by atomic mass is 10.1. The minimum atomic E-state index is -0.728. The van der Waals surface area contributed by atoms with Crippen molar-refractivity contribution in [1.29, 1.82) is 0 Å². The summed E-state index contributed by atoms with van der Waals surface area (Å²) in [4.78, 5) is 26.6. The van der Waals surface area contributed by atoms with Crippen LogP contribution in [0.15, 0.2) is 42.5 Å². The van der Waals surface area contributed by atoms with E-state index in [1.807, 2.05) is 11.9 Å². The first-order valence-corrected chi connectivity index (χ1v) is 8.35. The first kappa shape index (κ1) is 17.9. The lowest BCUT2D eigenvalue weighted by molar-refractivity contribution is -0.119. The van der Waals surface area contributed by atoms with E-state index in [9.17, 15) is 19.1 Å². The highest BCUT2D eigenvalue weighted by Crippen LogP contribution is 2.21. The van der Waals surface area contributed by atoms with Crippen LogP contribution in [0.5, 0.6) is 5.75 Å². The third-order valence-electron chi connectivity index (χ3n) is 4.41. The average Bonchev–Trinajstić information content (AvgIpc) is 3.03. The fourth-order valence-corrected chi connectivity index (χ4v) is 3.03. The maximum Gasteiger partial charge on any atom is 0.258 e. The van der Waals surface area contributed by atoms with Gasteiger partial charge < -0.3 is 15.7 Å². The van der Waals surface area contributed by atoms with Crippen molar-refractivity contribution in [2.75, 3.05) is 24.2 Å². The van der Waals surface area contributed by atoms with E-state index in [0.717, 1.165) is 31.5 Å². The summed E-state index contributed by atoms with van der Waals surface area (Å²) < 4.78 is 13.7. The van der Waals surface area contributed by atoms with Gasteiger partial charge in [-0.2, -0.15) is 0 Å². The molecular weight excluding hydrogens is 337 g/mol. The minimum absolute atomic E-state index is 0.0903. The van der Waals surface area contributed by atoms with Gasteiger partial charge in [0.1, 0.15) is 11.6 Å². The Morgan fingerprint density at radius 1 is 1.15 bits per heavy atom. The van der Waals surface area contributed by atoms with Gasteiger partial charge in [0, 0.05) is 11.4 Å². The summed E-state index contributed by atoms with van der Waals surface area (Å²) in [6.45, 7) is 0.893. The van der Waals surface area contributed by atoms with Gasteiger partial charge >= 0.3 is 0 Å². The fourth-order valence-electron chi connectivity index (χ4n) is 3.03. The normalized spacial score (nSPS) is 17.1. The van der Waals surface area contributed by atoms with Crippen LogP contribution in [0.3, 0.4) is 0 Å². The number of halogens is 1. The summed E-state index contributed by atoms with van der Waals surface area (Å²) in [7, 11) is 1.91. The van der Waals surface area contributed by atoms with E-state index in [1.165, 1.54) is 6.07 Å². The second-order valence-electron chi connectivity index (χ2n) is 6.33. The van der Waals surface area contributed by atoms with Crippen molar-refractivity contribution in [3.63, 3.8) is 0 Å². The maximum atomic E-state index is 13.7. The van der Waals surface area contributed by atoms with Crippen LogP contribution < -0.4 is 10.6 Å². The Hall–Kier alpha value is -2.93. The van der Waals surface area contributed by atoms with Crippen molar-refractivity contribution in [3.8, 4) is 5.75 Å². The summed E-state index contributed by atoms with van der Waals surface area (Å²) in [6.07, 6.45) is 1.80. The summed E-state index contributed by atoms with van der Waals surface area (Å²) in [5.41, 5.74) is 0.701. The Kier molecular flexibility index (Phi) is 5.18. The Labute approximate surface area is 150 Å². The molecule has 0 spiro atoms. The number of nitrogens with one attached hydrogen (secondary N) is 2. The molecule has 0 aliphatic carbocycles. The van der Waals surface area contributed by atoms with Gasteiger partial charge in [0.2, 0.25) is 5.91 Å². The van der Waals surface area contributed by atoms with Crippen LogP contribution in [0.25, 0.3) is 0 Å². The van der Waals surface area contributed by atoms with E-state index < -0.39 is 11.7 Å². The molecule has 1 aliphatic heterocycles. The summed E-state index contributed by atoms with van der Waals surface area (Å²) in [5.74, 6) is -1.70. The lowest BCUT2D eigenvalue weighted by Gasteiger charge is -2.18. The molecule has 26 heavy (non-hydrogen) atoms. The molecule has 1 heterocycles. The quantitative estimate of drug-likeness (QED) is 0.786. The van der Waals surface area contributed by atoms with E-state index in [0.29, 0.717) is 11.4 Å². The van der Waals surface area contributed by atoms with Gasteiger partial charge in [-0.1, -0.05) is 6.07 Å². The summed E-state index contributed by atoms with van der Waals surface area (Å²) in [5, 5.41) is 14.8. The Morgan fingerprint density at radius 3 is 2.58 bits per heavy atom. The fraction of sp³-hybridized carbons (Fsp3) is 0.263. The zero-order valence-electron chi connectivity index (χ0n) is 14.3. The molecular formula is C19H20FN3O3. The van der Waals surface area contributed by atoms with Gasteiger partial charge in [0.05, 0.1) is 11.6 Å². The first-order valence-electron chi connectivity index (χ1n) is 8.35. The zero-order valence-corrected chi connectivity index (χ0v) is 14.3. The number of benzene rings is 2. The van der Waals surface area contributed by atoms with Gasteiger partial charge in [-0.25, -0.2) is 4.39 Å². The first-order chi connectivity index (χ1) is 12.4. The number of hydrogen-bond acceptors (Lipinski definition) is 4. The van der Waals surface area contributed by atoms with Crippen molar-refractivity contribution in [3.05, 3.63) is 53.8 Å². The summed E-state index contributed by atoms with van der Waals surface area (Å²) in [6, 6.07) is 9.74. The zero-order chi connectivity index (χ0) is 18.7. The van der Waals surface area contributed by atoms with Crippen molar-refractivity contribution < 1.29 is 19.1 Å². The average molecular weight is 357 g/mol. The molecule has 3 N–H and O–H groups in total. The number of aromatic hydroxyl groups is 1. The molecule has 7 heteroatoms. The largest absolute Gasteiger partial charge is 0.508 e. The number of hydrogen-bond donors (Lipinski definition) is 3. The number of carbonyl (C=O) groups excluding carboxylic acids is 2. The van der Waals surface area contributed by atoms with E-state index in [-0.39, 0.29) is 23.3 Å². The predicted octanol–water partition coefficient (Wildman–Crippen LogP) is 2.82. The number of likely N-dealkylation sites (N-methyl/N-ethyl adjacent to an activating group) is 1. The molecule has 0 radical (unpaired) electrons. The van der Waals surface area contributed by atoms with E-state index >= 15 is 0 Å². The molecule has 1 saturated heterocycles. The summed E-state index contributed by atoms with van der Waals surface area (Å²) >= 11 is 0. The second-order valence-corrected chi connectivity index (χ2v) is 6.33. The van der Waals surface area contributed by atoms with E-state index in [4.69, 9.17) is 0 Å². The van der Waals surface area contributed by atoms with Gasteiger partial charge in [-0.3, -0.25) is 14.5 Å². The van der Waals surface area contributed by atoms with Crippen molar-refractivity contribution in [1.82, 2.24) is 4.90 Å². The molecule has 0 bridgehead atoms. The molecule has 2 amide bonds. The number of nitrogens with zero attached hydrogens (tertiary/aromatic N) is 1. The topological polar surface area (TPSA) is 81.7 Å². The molecule has 2 aromatic rings. The molecule has 0 saturated carbocycles. The van der Waals surface area contributed by atoms with Crippen LogP contribution in [-0.2, 0) is 4.79 Å². The Bertz CT molecular complexity index is 841. The minimum Gasteiger partial charge on any atom is -0.508 e. The van der Waals surface area contributed by atoms with Crippen LogP contribution in [-0.4, -0.2) is 41.5 Å². The SMILES string of the molecule is CN1CCC[C@H]1C(=O)Nc1cccc(NC(=O)c2cc(O)ccc2F)c1. The number of phenols is 1. The third-order valence-corrected chi connectivity index (χ3v) is 4.41. The van der Waals surface area contributed by atoms with Crippen molar-refractivity contribution in [2.24, 2.45) is 0 Å². The molecule has 3 rings (SSSR count). The number of anilines is 2.